The van der Waals surface area contributed by atoms with Gasteiger partial charge in [0.05, 0.1) is 6.10 Å². The smallest absolute Gasteiger partial charge is 0.191 e. The highest BCUT2D eigenvalue weighted by molar-refractivity contribution is 5.79. The van der Waals surface area contributed by atoms with Crippen LogP contribution in [0.3, 0.4) is 0 Å². The minimum Gasteiger partial charge on any atom is -0.379 e. The molecule has 1 aromatic rings. The number of methoxy groups -OCH3 is 1. The van der Waals surface area contributed by atoms with Crippen LogP contribution in [0.1, 0.15) is 45.8 Å². The Balaban J connectivity index is 1.97. The summed E-state index contributed by atoms with van der Waals surface area (Å²) in [6.07, 6.45) is 2.29. The number of hydrogen-bond donors (Lipinski definition) is 2. The molecule has 0 spiro atoms. The molecular formula is C16H30N6O. The van der Waals surface area contributed by atoms with Crippen LogP contribution < -0.4 is 10.6 Å². The number of fused-ring (bicyclic) bond motifs is 1. The molecule has 0 fully saturated rings. The summed E-state index contributed by atoms with van der Waals surface area (Å²) >= 11 is 0. The van der Waals surface area contributed by atoms with Gasteiger partial charge in [-0.25, -0.2) is 4.99 Å². The Morgan fingerprint density at radius 1 is 1.35 bits per heavy atom. The summed E-state index contributed by atoms with van der Waals surface area (Å²) in [6.45, 7) is 11.7. The summed E-state index contributed by atoms with van der Waals surface area (Å²) in [4.78, 5) is 4.64. The van der Waals surface area contributed by atoms with Crippen molar-refractivity contribution in [1.29, 1.82) is 0 Å². The SMILES string of the molecule is CCNC(=NCc1nnc2n1CCC2)NCC(OC)C(C)(C)C. The predicted octanol–water partition coefficient (Wildman–Crippen LogP) is 1.34. The van der Waals surface area contributed by atoms with E-state index >= 15 is 0 Å². The van der Waals surface area contributed by atoms with Gasteiger partial charge in [0.2, 0.25) is 0 Å². The van der Waals surface area contributed by atoms with Crippen molar-refractivity contribution in [2.24, 2.45) is 10.4 Å². The number of aliphatic imine (C=N–C) groups is 1. The van der Waals surface area contributed by atoms with Crippen molar-refractivity contribution in [2.75, 3.05) is 20.2 Å². The van der Waals surface area contributed by atoms with Crippen molar-refractivity contribution >= 4 is 5.96 Å². The van der Waals surface area contributed by atoms with Gasteiger partial charge in [0.1, 0.15) is 12.4 Å². The molecule has 2 N–H and O–H groups in total. The van der Waals surface area contributed by atoms with Crippen LogP contribution in [-0.2, 0) is 24.2 Å². The first-order valence-corrected chi connectivity index (χ1v) is 8.41. The van der Waals surface area contributed by atoms with Gasteiger partial charge in [-0.3, -0.25) is 0 Å². The van der Waals surface area contributed by atoms with E-state index in [0.29, 0.717) is 13.1 Å². The van der Waals surface area contributed by atoms with Crippen LogP contribution in [0.5, 0.6) is 0 Å². The van der Waals surface area contributed by atoms with E-state index in [1.165, 1.54) is 0 Å². The second kappa shape index (κ2) is 7.77. The van der Waals surface area contributed by atoms with Gasteiger partial charge >= 0.3 is 0 Å². The van der Waals surface area contributed by atoms with E-state index in [-0.39, 0.29) is 11.5 Å². The molecule has 1 aliphatic heterocycles. The zero-order chi connectivity index (χ0) is 16.9. The van der Waals surface area contributed by atoms with Gasteiger partial charge < -0.3 is 19.9 Å². The third-order valence-electron chi connectivity index (χ3n) is 4.11. The molecule has 0 saturated carbocycles. The molecule has 0 aliphatic carbocycles. The van der Waals surface area contributed by atoms with Crippen LogP contribution in [0.25, 0.3) is 0 Å². The molecule has 0 radical (unpaired) electrons. The number of guanidine groups is 1. The fourth-order valence-corrected chi connectivity index (χ4v) is 2.75. The van der Waals surface area contributed by atoms with Gasteiger partial charge in [-0.1, -0.05) is 20.8 Å². The number of nitrogens with zero attached hydrogens (tertiary/aromatic N) is 4. The lowest BCUT2D eigenvalue weighted by Gasteiger charge is -2.30. The van der Waals surface area contributed by atoms with Crippen molar-refractivity contribution in [3.63, 3.8) is 0 Å². The van der Waals surface area contributed by atoms with Gasteiger partial charge in [-0.05, 0) is 18.8 Å². The van der Waals surface area contributed by atoms with Crippen molar-refractivity contribution in [1.82, 2.24) is 25.4 Å². The molecule has 130 valence electrons. The Hall–Kier alpha value is -1.63. The minimum absolute atomic E-state index is 0.0763. The molecule has 0 saturated heterocycles. The Labute approximate surface area is 138 Å². The monoisotopic (exact) mass is 322 g/mol. The lowest BCUT2D eigenvalue weighted by Crippen LogP contribution is -2.45. The van der Waals surface area contributed by atoms with Crippen LogP contribution in [0.2, 0.25) is 0 Å². The van der Waals surface area contributed by atoms with Crippen LogP contribution in [0.4, 0.5) is 0 Å². The Morgan fingerprint density at radius 2 is 2.13 bits per heavy atom. The van der Waals surface area contributed by atoms with E-state index in [2.05, 4.69) is 58.1 Å². The maximum Gasteiger partial charge on any atom is 0.191 e. The Kier molecular flexibility index (Phi) is 5.98. The average molecular weight is 322 g/mol. The summed E-state index contributed by atoms with van der Waals surface area (Å²) in [5.74, 6) is 2.81. The number of hydrogen-bond acceptors (Lipinski definition) is 4. The summed E-state index contributed by atoms with van der Waals surface area (Å²) in [5.41, 5.74) is 0.0763. The van der Waals surface area contributed by atoms with Crippen molar-refractivity contribution in [3.8, 4) is 0 Å². The van der Waals surface area contributed by atoms with E-state index in [1.807, 2.05) is 0 Å². The maximum atomic E-state index is 5.58. The molecule has 0 bridgehead atoms. The van der Waals surface area contributed by atoms with E-state index < -0.39 is 0 Å². The molecule has 2 heterocycles. The largest absolute Gasteiger partial charge is 0.379 e. The topological polar surface area (TPSA) is 76.4 Å². The molecule has 0 aromatic carbocycles. The third-order valence-corrected chi connectivity index (χ3v) is 4.11. The third kappa shape index (κ3) is 4.67. The van der Waals surface area contributed by atoms with Crippen LogP contribution in [0, 0.1) is 5.41 Å². The zero-order valence-electron chi connectivity index (χ0n) is 15.0. The normalized spacial score (nSPS) is 16.3. The van der Waals surface area contributed by atoms with E-state index in [1.54, 1.807) is 7.11 Å². The predicted molar refractivity (Wildman–Crippen MR) is 91.4 cm³/mol. The quantitative estimate of drug-likeness (QED) is 0.610. The van der Waals surface area contributed by atoms with Crippen molar-refractivity contribution < 1.29 is 4.74 Å². The highest BCUT2D eigenvalue weighted by atomic mass is 16.5. The highest BCUT2D eigenvalue weighted by Gasteiger charge is 2.24. The molecule has 7 nitrogen and oxygen atoms in total. The molecule has 1 aromatic heterocycles. The van der Waals surface area contributed by atoms with E-state index in [0.717, 1.165) is 43.5 Å². The first-order valence-electron chi connectivity index (χ1n) is 8.41. The second-order valence-electron chi connectivity index (χ2n) is 6.95. The number of aryl methyl sites for hydroxylation is 1. The fourth-order valence-electron chi connectivity index (χ4n) is 2.75. The molecule has 1 atom stereocenters. The van der Waals surface area contributed by atoms with Crippen LogP contribution >= 0.6 is 0 Å². The number of aromatic nitrogens is 3. The zero-order valence-corrected chi connectivity index (χ0v) is 15.0. The Morgan fingerprint density at radius 3 is 2.78 bits per heavy atom. The highest BCUT2D eigenvalue weighted by Crippen LogP contribution is 2.21. The summed E-state index contributed by atoms with van der Waals surface area (Å²) in [7, 11) is 1.75. The average Bonchev–Trinajstić information content (AvgIpc) is 3.07. The van der Waals surface area contributed by atoms with Crippen molar-refractivity contribution in [2.45, 2.75) is 59.7 Å². The van der Waals surface area contributed by atoms with Gasteiger partial charge in [-0.15, -0.1) is 10.2 Å². The molecule has 1 aliphatic rings. The van der Waals surface area contributed by atoms with Crippen LogP contribution in [0.15, 0.2) is 4.99 Å². The van der Waals surface area contributed by atoms with Gasteiger partial charge in [0.25, 0.3) is 0 Å². The standard InChI is InChI=1S/C16H30N6O/c1-6-17-15(18-10-12(23-5)16(2,3)4)19-11-14-21-20-13-8-7-9-22(13)14/h12H,6-11H2,1-5H3,(H2,17,18,19). The Bertz CT molecular complexity index is 531. The number of nitrogens with one attached hydrogen (secondary N) is 2. The maximum absolute atomic E-state index is 5.58. The lowest BCUT2D eigenvalue weighted by atomic mass is 9.89. The summed E-state index contributed by atoms with van der Waals surface area (Å²) in [6, 6.07) is 0. The molecule has 23 heavy (non-hydrogen) atoms. The molecule has 7 heteroatoms. The van der Waals surface area contributed by atoms with Crippen molar-refractivity contribution in [3.05, 3.63) is 11.6 Å². The van der Waals surface area contributed by atoms with Gasteiger partial charge in [-0.2, -0.15) is 0 Å². The number of ether oxygens (including phenoxy) is 1. The fraction of sp³-hybridized carbons (Fsp3) is 0.812. The van der Waals surface area contributed by atoms with Gasteiger partial charge in [0, 0.05) is 33.2 Å². The van der Waals surface area contributed by atoms with Crippen LogP contribution in [-0.4, -0.2) is 47.0 Å². The van der Waals surface area contributed by atoms with E-state index in [4.69, 9.17) is 4.74 Å². The summed E-state index contributed by atoms with van der Waals surface area (Å²) < 4.78 is 7.76. The molecule has 1 unspecified atom stereocenters. The van der Waals surface area contributed by atoms with E-state index in [9.17, 15) is 0 Å². The first kappa shape index (κ1) is 17.7. The molecule has 0 amide bonds. The second-order valence-corrected chi connectivity index (χ2v) is 6.95. The first-order chi connectivity index (χ1) is 11.0. The molecular weight excluding hydrogens is 292 g/mol. The van der Waals surface area contributed by atoms with Gasteiger partial charge in [0.15, 0.2) is 11.8 Å². The number of rotatable bonds is 6. The molecule has 2 rings (SSSR count). The minimum atomic E-state index is 0.0763. The lowest BCUT2D eigenvalue weighted by molar-refractivity contribution is 0.0205. The summed E-state index contributed by atoms with van der Waals surface area (Å²) in [5, 5.41) is 15.1.